The van der Waals surface area contributed by atoms with Gasteiger partial charge in [-0.15, -0.1) is 0 Å². The minimum Gasteiger partial charge on any atom is -0.338 e. The zero-order valence-electron chi connectivity index (χ0n) is 14.9. The molecule has 126 valence electrons. The number of amides is 2. The second kappa shape index (κ2) is 6.21. The lowest BCUT2D eigenvalue weighted by Crippen LogP contribution is -2.63. The van der Waals surface area contributed by atoms with Crippen molar-refractivity contribution in [2.45, 2.75) is 72.3 Å². The van der Waals surface area contributed by atoms with Crippen LogP contribution in [0.1, 0.15) is 66.7 Å². The van der Waals surface area contributed by atoms with Crippen LogP contribution in [0.5, 0.6) is 0 Å². The summed E-state index contributed by atoms with van der Waals surface area (Å²) in [5, 5.41) is 0. The van der Waals surface area contributed by atoms with E-state index in [1.807, 2.05) is 30.6 Å². The number of piperazine rings is 1. The molecule has 0 radical (unpaired) electrons. The Balaban J connectivity index is 1.98. The van der Waals surface area contributed by atoms with Gasteiger partial charge >= 0.3 is 0 Å². The number of carbonyl (C=O) groups is 2. The van der Waals surface area contributed by atoms with Crippen molar-refractivity contribution in [3.8, 4) is 0 Å². The summed E-state index contributed by atoms with van der Waals surface area (Å²) in [5.41, 5.74) is -0.624. The summed E-state index contributed by atoms with van der Waals surface area (Å²) in [6.07, 6.45) is 5.64. The van der Waals surface area contributed by atoms with Gasteiger partial charge in [0.2, 0.25) is 11.8 Å². The third-order valence-electron chi connectivity index (χ3n) is 5.07. The predicted molar refractivity (Wildman–Crippen MR) is 88.4 cm³/mol. The van der Waals surface area contributed by atoms with E-state index < -0.39 is 0 Å². The van der Waals surface area contributed by atoms with Gasteiger partial charge < -0.3 is 9.80 Å². The molecular formula is C18H32N2O2. The van der Waals surface area contributed by atoms with Gasteiger partial charge in [-0.25, -0.2) is 0 Å². The molecule has 0 spiro atoms. The SMILES string of the molecule is CC(C)(C)C(=O)N1CCN(C(=O)CC2CCCC2)C(C)(C)C1. The van der Waals surface area contributed by atoms with Crippen LogP contribution in [-0.4, -0.2) is 46.8 Å². The van der Waals surface area contributed by atoms with Gasteiger partial charge in [0.15, 0.2) is 0 Å². The zero-order valence-corrected chi connectivity index (χ0v) is 14.9. The second-order valence-corrected chi connectivity index (χ2v) is 8.69. The molecule has 1 saturated carbocycles. The van der Waals surface area contributed by atoms with E-state index in [1.54, 1.807) is 0 Å². The predicted octanol–water partition coefficient (Wildman–Crippen LogP) is 3.06. The molecule has 1 saturated heterocycles. The highest BCUT2D eigenvalue weighted by atomic mass is 16.2. The first-order chi connectivity index (χ1) is 10.1. The number of hydrogen-bond acceptors (Lipinski definition) is 2. The Morgan fingerprint density at radius 3 is 2.18 bits per heavy atom. The van der Waals surface area contributed by atoms with Gasteiger partial charge in [-0.2, -0.15) is 0 Å². The number of rotatable bonds is 2. The van der Waals surface area contributed by atoms with Crippen LogP contribution < -0.4 is 0 Å². The molecule has 2 aliphatic rings. The van der Waals surface area contributed by atoms with Crippen LogP contribution in [-0.2, 0) is 9.59 Å². The average molecular weight is 308 g/mol. The Kier molecular flexibility index (Phi) is 4.88. The molecule has 4 nitrogen and oxygen atoms in total. The Bertz CT molecular complexity index is 431. The highest BCUT2D eigenvalue weighted by Crippen LogP contribution is 2.31. The van der Waals surface area contributed by atoms with Crippen molar-refractivity contribution in [1.82, 2.24) is 9.80 Å². The maximum atomic E-state index is 12.7. The van der Waals surface area contributed by atoms with Crippen LogP contribution in [0.2, 0.25) is 0 Å². The van der Waals surface area contributed by atoms with E-state index >= 15 is 0 Å². The van der Waals surface area contributed by atoms with Crippen molar-refractivity contribution < 1.29 is 9.59 Å². The fourth-order valence-electron chi connectivity index (χ4n) is 3.84. The van der Waals surface area contributed by atoms with Gasteiger partial charge in [0, 0.05) is 31.5 Å². The summed E-state index contributed by atoms with van der Waals surface area (Å²) in [5.74, 6) is 1.04. The lowest BCUT2D eigenvalue weighted by molar-refractivity contribution is -0.152. The molecule has 1 heterocycles. The van der Waals surface area contributed by atoms with Gasteiger partial charge in [-0.05, 0) is 32.6 Å². The van der Waals surface area contributed by atoms with Crippen molar-refractivity contribution in [2.24, 2.45) is 11.3 Å². The van der Waals surface area contributed by atoms with Gasteiger partial charge in [-0.1, -0.05) is 33.6 Å². The van der Waals surface area contributed by atoms with E-state index in [0.717, 1.165) is 0 Å². The normalized spacial score (nSPS) is 23.0. The van der Waals surface area contributed by atoms with Crippen LogP contribution in [0, 0.1) is 11.3 Å². The van der Waals surface area contributed by atoms with E-state index in [0.29, 0.717) is 32.0 Å². The van der Waals surface area contributed by atoms with E-state index in [-0.39, 0.29) is 22.8 Å². The van der Waals surface area contributed by atoms with E-state index in [1.165, 1.54) is 25.7 Å². The molecule has 2 rings (SSSR count). The molecule has 2 amide bonds. The van der Waals surface area contributed by atoms with Gasteiger partial charge in [-0.3, -0.25) is 9.59 Å². The number of hydrogen-bond donors (Lipinski definition) is 0. The summed E-state index contributed by atoms with van der Waals surface area (Å²) in [6, 6.07) is 0. The van der Waals surface area contributed by atoms with Crippen LogP contribution in [0.15, 0.2) is 0 Å². The first-order valence-electron chi connectivity index (χ1n) is 8.71. The summed E-state index contributed by atoms with van der Waals surface area (Å²) in [7, 11) is 0. The fraction of sp³-hybridized carbons (Fsp3) is 0.889. The second-order valence-electron chi connectivity index (χ2n) is 8.69. The summed E-state index contributed by atoms with van der Waals surface area (Å²) < 4.78 is 0. The summed E-state index contributed by atoms with van der Waals surface area (Å²) in [6.45, 7) is 12.0. The van der Waals surface area contributed by atoms with Crippen LogP contribution in [0.4, 0.5) is 0 Å². The molecule has 0 unspecified atom stereocenters. The van der Waals surface area contributed by atoms with Crippen molar-refractivity contribution in [3.05, 3.63) is 0 Å². The monoisotopic (exact) mass is 308 g/mol. The van der Waals surface area contributed by atoms with Crippen molar-refractivity contribution in [3.63, 3.8) is 0 Å². The molecule has 4 heteroatoms. The molecule has 1 aliphatic carbocycles. The maximum Gasteiger partial charge on any atom is 0.228 e. The van der Waals surface area contributed by atoms with Gasteiger partial charge in [0.1, 0.15) is 0 Å². The van der Waals surface area contributed by atoms with Crippen molar-refractivity contribution >= 4 is 11.8 Å². The standard InChI is InChI=1S/C18H32N2O2/c1-17(2,3)16(22)19-10-11-20(18(4,5)13-19)15(21)12-14-8-6-7-9-14/h14H,6-13H2,1-5H3. The van der Waals surface area contributed by atoms with Crippen LogP contribution in [0.25, 0.3) is 0 Å². The molecule has 0 aromatic heterocycles. The fourth-order valence-corrected chi connectivity index (χ4v) is 3.84. The molecule has 0 aromatic rings. The first-order valence-corrected chi connectivity index (χ1v) is 8.71. The Morgan fingerprint density at radius 1 is 1.09 bits per heavy atom. The average Bonchev–Trinajstić information content (AvgIpc) is 2.88. The van der Waals surface area contributed by atoms with Crippen LogP contribution >= 0.6 is 0 Å². The van der Waals surface area contributed by atoms with Crippen LogP contribution in [0.3, 0.4) is 0 Å². The van der Waals surface area contributed by atoms with Crippen molar-refractivity contribution in [1.29, 1.82) is 0 Å². The lowest BCUT2D eigenvalue weighted by atomic mass is 9.91. The highest BCUT2D eigenvalue weighted by Gasteiger charge is 2.40. The molecular weight excluding hydrogens is 276 g/mol. The summed E-state index contributed by atoms with van der Waals surface area (Å²) in [4.78, 5) is 29.1. The van der Waals surface area contributed by atoms with Gasteiger partial charge in [0.05, 0.1) is 5.54 Å². The topological polar surface area (TPSA) is 40.6 Å². The number of carbonyl (C=O) groups excluding carboxylic acids is 2. The van der Waals surface area contributed by atoms with E-state index in [9.17, 15) is 9.59 Å². The zero-order chi connectivity index (χ0) is 16.5. The highest BCUT2D eigenvalue weighted by molar-refractivity contribution is 5.82. The molecule has 22 heavy (non-hydrogen) atoms. The summed E-state index contributed by atoms with van der Waals surface area (Å²) >= 11 is 0. The Labute approximate surface area is 135 Å². The minimum absolute atomic E-state index is 0.184. The molecule has 0 aromatic carbocycles. The smallest absolute Gasteiger partial charge is 0.228 e. The minimum atomic E-state index is -0.355. The quantitative estimate of drug-likeness (QED) is 0.786. The molecule has 1 aliphatic heterocycles. The molecule has 0 atom stereocenters. The molecule has 0 N–H and O–H groups in total. The maximum absolute atomic E-state index is 12.7. The Hall–Kier alpha value is -1.06. The molecule has 0 bridgehead atoms. The van der Waals surface area contributed by atoms with E-state index in [4.69, 9.17) is 0 Å². The molecule has 2 fully saturated rings. The Morgan fingerprint density at radius 2 is 1.68 bits per heavy atom. The lowest BCUT2D eigenvalue weighted by Gasteiger charge is -2.48. The largest absolute Gasteiger partial charge is 0.338 e. The third-order valence-corrected chi connectivity index (χ3v) is 5.07. The van der Waals surface area contributed by atoms with Gasteiger partial charge in [0.25, 0.3) is 0 Å². The van der Waals surface area contributed by atoms with E-state index in [2.05, 4.69) is 13.8 Å². The van der Waals surface area contributed by atoms with Crippen molar-refractivity contribution in [2.75, 3.05) is 19.6 Å². The first kappa shape index (κ1) is 17.3. The number of nitrogens with zero attached hydrogens (tertiary/aromatic N) is 2. The third kappa shape index (κ3) is 3.82.